The summed E-state index contributed by atoms with van der Waals surface area (Å²) in [7, 11) is 0. The maximum Gasteiger partial charge on any atom is 0.248 e. The first-order valence-electron chi connectivity index (χ1n) is 3.75. The molecule has 1 aliphatic rings. The Labute approximate surface area is 65.9 Å². The van der Waals surface area contributed by atoms with E-state index in [-0.39, 0.29) is 5.91 Å². The molecule has 1 rings (SSSR count). The molecule has 1 heterocycles. The summed E-state index contributed by atoms with van der Waals surface area (Å²) in [5.41, 5.74) is 2.11. The van der Waals surface area contributed by atoms with E-state index >= 15 is 0 Å². The molecule has 5 heteroatoms. The first kappa shape index (κ1) is 8.45. The third-order valence-corrected chi connectivity index (χ3v) is 1.74. The monoisotopic (exact) mass is 158 g/mol. The molecule has 0 spiro atoms. The standard InChI is InChI=1S/C6H14N4O/c7-9-6(11)5-10-3-1-8-2-4-10/h8H,1-5,7H2,(H,9,11). The maximum absolute atomic E-state index is 10.8. The quantitative estimate of drug-likeness (QED) is 0.244. The van der Waals surface area contributed by atoms with Crippen LogP contribution < -0.4 is 16.6 Å². The second-order valence-electron chi connectivity index (χ2n) is 2.59. The first-order valence-corrected chi connectivity index (χ1v) is 3.75. The summed E-state index contributed by atoms with van der Waals surface area (Å²) in [6.45, 7) is 4.18. The van der Waals surface area contributed by atoms with E-state index in [1.165, 1.54) is 0 Å². The lowest BCUT2D eigenvalue weighted by Crippen LogP contribution is -2.48. The third-order valence-electron chi connectivity index (χ3n) is 1.74. The largest absolute Gasteiger partial charge is 0.314 e. The third kappa shape index (κ3) is 2.83. The van der Waals surface area contributed by atoms with E-state index < -0.39 is 0 Å². The minimum Gasteiger partial charge on any atom is -0.314 e. The number of nitrogens with one attached hydrogen (secondary N) is 2. The van der Waals surface area contributed by atoms with E-state index in [9.17, 15) is 4.79 Å². The fourth-order valence-corrected chi connectivity index (χ4v) is 1.12. The Hall–Kier alpha value is -0.650. The summed E-state index contributed by atoms with van der Waals surface area (Å²) < 4.78 is 0. The summed E-state index contributed by atoms with van der Waals surface area (Å²) >= 11 is 0. The molecule has 0 saturated carbocycles. The van der Waals surface area contributed by atoms with Gasteiger partial charge in [-0.15, -0.1) is 0 Å². The number of carbonyl (C=O) groups excluding carboxylic acids is 1. The van der Waals surface area contributed by atoms with Crippen LogP contribution in [0.15, 0.2) is 0 Å². The van der Waals surface area contributed by atoms with Gasteiger partial charge < -0.3 is 5.32 Å². The van der Waals surface area contributed by atoms with Crippen LogP contribution in [0.3, 0.4) is 0 Å². The van der Waals surface area contributed by atoms with Gasteiger partial charge in [-0.1, -0.05) is 0 Å². The van der Waals surface area contributed by atoms with Crippen molar-refractivity contribution < 1.29 is 4.79 Å². The molecule has 1 fully saturated rings. The number of hydrazine groups is 1. The molecule has 0 aliphatic carbocycles. The van der Waals surface area contributed by atoms with Crippen molar-refractivity contribution in [3.05, 3.63) is 0 Å². The molecule has 64 valence electrons. The van der Waals surface area contributed by atoms with Crippen molar-refractivity contribution in [3.8, 4) is 0 Å². The Balaban J connectivity index is 2.19. The fraction of sp³-hybridized carbons (Fsp3) is 0.833. The highest BCUT2D eigenvalue weighted by Crippen LogP contribution is 1.89. The van der Waals surface area contributed by atoms with Crippen LogP contribution in [-0.4, -0.2) is 43.5 Å². The lowest BCUT2D eigenvalue weighted by Gasteiger charge is -2.25. The van der Waals surface area contributed by atoms with Gasteiger partial charge in [-0.3, -0.25) is 15.1 Å². The summed E-state index contributed by atoms with van der Waals surface area (Å²) in [5.74, 6) is 4.83. The Bertz CT molecular complexity index is 133. The number of hydrogen-bond acceptors (Lipinski definition) is 4. The van der Waals surface area contributed by atoms with Gasteiger partial charge in [0.2, 0.25) is 5.91 Å². The summed E-state index contributed by atoms with van der Waals surface area (Å²) in [4.78, 5) is 12.8. The molecule has 0 aromatic heterocycles. The van der Waals surface area contributed by atoms with Crippen molar-refractivity contribution in [2.75, 3.05) is 32.7 Å². The number of piperazine rings is 1. The van der Waals surface area contributed by atoms with Crippen molar-refractivity contribution in [2.45, 2.75) is 0 Å². The van der Waals surface area contributed by atoms with E-state index in [0.29, 0.717) is 6.54 Å². The van der Waals surface area contributed by atoms with Crippen LogP contribution in [0, 0.1) is 0 Å². The lowest BCUT2D eigenvalue weighted by molar-refractivity contribution is -0.122. The normalized spacial score (nSPS) is 19.7. The van der Waals surface area contributed by atoms with Crippen LogP contribution in [0.25, 0.3) is 0 Å². The van der Waals surface area contributed by atoms with E-state index in [2.05, 4.69) is 15.6 Å². The average molecular weight is 158 g/mol. The maximum atomic E-state index is 10.8. The van der Waals surface area contributed by atoms with Crippen LogP contribution in [0.1, 0.15) is 0 Å². The predicted molar refractivity (Wildman–Crippen MR) is 41.6 cm³/mol. The van der Waals surface area contributed by atoms with Gasteiger partial charge in [-0.05, 0) is 0 Å². The number of rotatable bonds is 2. The highest BCUT2D eigenvalue weighted by atomic mass is 16.2. The van der Waals surface area contributed by atoms with Gasteiger partial charge in [-0.2, -0.15) is 0 Å². The number of amides is 1. The molecule has 0 unspecified atom stereocenters. The van der Waals surface area contributed by atoms with E-state index in [0.717, 1.165) is 26.2 Å². The van der Waals surface area contributed by atoms with Gasteiger partial charge in [-0.25, -0.2) is 5.84 Å². The average Bonchev–Trinajstić information content (AvgIpc) is 2.06. The van der Waals surface area contributed by atoms with Crippen molar-refractivity contribution >= 4 is 5.91 Å². The van der Waals surface area contributed by atoms with Crippen LogP contribution in [0.2, 0.25) is 0 Å². The molecule has 0 aromatic carbocycles. The van der Waals surface area contributed by atoms with Gasteiger partial charge >= 0.3 is 0 Å². The van der Waals surface area contributed by atoms with Gasteiger partial charge in [0.15, 0.2) is 0 Å². The fourth-order valence-electron chi connectivity index (χ4n) is 1.12. The molecule has 0 atom stereocenters. The molecule has 5 nitrogen and oxygen atoms in total. The second kappa shape index (κ2) is 4.27. The van der Waals surface area contributed by atoms with Gasteiger partial charge in [0, 0.05) is 26.2 Å². The van der Waals surface area contributed by atoms with Gasteiger partial charge in [0.25, 0.3) is 0 Å². The highest BCUT2D eigenvalue weighted by Gasteiger charge is 2.11. The van der Waals surface area contributed by atoms with Crippen molar-refractivity contribution in [3.63, 3.8) is 0 Å². The zero-order chi connectivity index (χ0) is 8.10. The molecule has 0 aromatic rings. The van der Waals surface area contributed by atoms with Gasteiger partial charge in [0.05, 0.1) is 6.54 Å². The van der Waals surface area contributed by atoms with Crippen LogP contribution in [-0.2, 0) is 4.79 Å². The Kier molecular flexibility index (Phi) is 3.28. The smallest absolute Gasteiger partial charge is 0.248 e. The number of nitrogens with zero attached hydrogens (tertiary/aromatic N) is 1. The molecule has 1 aliphatic heterocycles. The highest BCUT2D eigenvalue weighted by molar-refractivity contribution is 5.77. The molecular formula is C6H14N4O. The van der Waals surface area contributed by atoms with E-state index in [4.69, 9.17) is 5.84 Å². The lowest BCUT2D eigenvalue weighted by atomic mass is 10.3. The van der Waals surface area contributed by atoms with E-state index in [1.807, 2.05) is 0 Å². The summed E-state index contributed by atoms with van der Waals surface area (Å²) in [5, 5.41) is 3.20. The first-order chi connectivity index (χ1) is 5.33. The summed E-state index contributed by atoms with van der Waals surface area (Å²) in [6.07, 6.45) is 0. The molecule has 11 heavy (non-hydrogen) atoms. The number of nitrogens with two attached hydrogens (primary N) is 1. The van der Waals surface area contributed by atoms with E-state index in [1.54, 1.807) is 0 Å². The zero-order valence-corrected chi connectivity index (χ0v) is 6.47. The Morgan fingerprint density at radius 3 is 2.73 bits per heavy atom. The van der Waals surface area contributed by atoms with Crippen LogP contribution in [0.4, 0.5) is 0 Å². The minimum absolute atomic E-state index is 0.119. The molecule has 1 saturated heterocycles. The Morgan fingerprint density at radius 2 is 2.18 bits per heavy atom. The zero-order valence-electron chi connectivity index (χ0n) is 6.47. The van der Waals surface area contributed by atoms with Crippen molar-refractivity contribution in [1.82, 2.24) is 15.6 Å². The molecule has 0 radical (unpaired) electrons. The summed E-state index contributed by atoms with van der Waals surface area (Å²) in [6, 6.07) is 0. The van der Waals surface area contributed by atoms with Gasteiger partial charge in [0.1, 0.15) is 0 Å². The Morgan fingerprint density at radius 1 is 1.55 bits per heavy atom. The topological polar surface area (TPSA) is 70.4 Å². The molecular weight excluding hydrogens is 144 g/mol. The number of carbonyl (C=O) groups is 1. The molecule has 4 N–H and O–H groups in total. The van der Waals surface area contributed by atoms with Crippen LogP contribution >= 0.6 is 0 Å². The van der Waals surface area contributed by atoms with Crippen molar-refractivity contribution in [1.29, 1.82) is 0 Å². The molecule has 0 bridgehead atoms. The predicted octanol–water partition coefficient (Wildman–Crippen LogP) is -2.12. The minimum atomic E-state index is -0.119. The number of hydrogen-bond donors (Lipinski definition) is 3. The SMILES string of the molecule is NNC(=O)CN1CCNCC1. The van der Waals surface area contributed by atoms with Crippen molar-refractivity contribution in [2.24, 2.45) is 5.84 Å². The second-order valence-corrected chi connectivity index (χ2v) is 2.59. The molecule has 1 amide bonds. The van der Waals surface area contributed by atoms with Crippen LogP contribution in [0.5, 0.6) is 0 Å².